The summed E-state index contributed by atoms with van der Waals surface area (Å²) < 4.78 is 0.166. The molecule has 0 N–H and O–H groups in total. The van der Waals surface area contributed by atoms with Gasteiger partial charge in [-0.3, -0.25) is 0 Å². The van der Waals surface area contributed by atoms with Crippen LogP contribution in [0.1, 0.15) is 12.5 Å². The van der Waals surface area contributed by atoms with E-state index >= 15 is 0 Å². The summed E-state index contributed by atoms with van der Waals surface area (Å²) >= 11 is 2.48. The summed E-state index contributed by atoms with van der Waals surface area (Å²) in [6.07, 6.45) is 6.56. The van der Waals surface area contributed by atoms with Gasteiger partial charge in [0.25, 0.3) is 0 Å². The van der Waals surface area contributed by atoms with Crippen LogP contribution >= 0.6 is 22.6 Å². The van der Waals surface area contributed by atoms with Crippen LogP contribution in [0.5, 0.6) is 0 Å². The minimum absolute atomic E-state index is 0.166. The van der Waals surface area contributed by atoms with Gasteiger partial charge in [-0.25, -0.2) is 0 Å². The second-order valence-electron chi connectivity index (χ2n) is 3.38. The average molecular weight is 282 g/mol. The van der Waals surface area contributed by atoms with Crippen molar-refractivity contribution in [2.45, 2.75) is 10.3 Å². The number of hydrogen-bond donors (Lipinski definition) is 0. The van der Waals surface area contributed by atoms with Crippen molar-refractivity contribution in [3.8, 4) is 0 Å². The second-order valence-corrected chi connectivity index (χ2v) is 5.62. The van der Waals surface area contributed by atoms with E-state index in [2.05, 4.69) is 78.1 Å². The summed E-state index contributed by atoms with van der Waals surface area (Å²) in [5.74, 6) is 0. The fourth-order valence-electron chi connectivity index (χ4n) is 1.57. The van der Waals surface area contributed by atoms with Crippen molar-refractivity contribution in [2.24, 2.45) is 0 Å². The molecule has 1 heteroatoms. The summed E-state index contributed by atoms with van der Waals surface area (Å²) in [6.45, 7) is 2.23. The molecule has 1 aromatic carbocycles. The van der Waals surface area contributed by atoms with Gasteiger partial charge < -0.3 is 0 Å². The Balaban J connectivity index is 2.40. The molecule has 1 unspecified atom stereocenters. The molecular weight excluding hydrogens is 271 g/mol. The highest BCUT2D eigenvalue weighted by molar-refractivity contribution is 14.1. The number of benzene rings is 1. The van der Waals surface area contributed by atoms with Crippen molar-refractivity contribution in [3.05, 3.63) is 54.1 Å². The Kier molecular flexibility index (Phi) is 2.28. The van der Waals surface area contributed by atoms with E-state index in [9.17, 15) is 0 Å². The molecule has 0 spiro atoms. The van der Waals surface area contributed by atoms with Gasteiger partial charge in [-0.05, 0) is 18.1 Å². The van der Waals surface area contributed by atoms with Crippen molar-refractivity contribution in [1.82, 2.24) is 0 Å². The van der Waals surface area contributed by atoms with Gasteiger partial charge in [0.05, 0.1) is 3.42 Å². The minimum Gasteiger partial charge on any atom is -0.0693 e. The number of halogens is 1. The first kappa shape index (κ1) is 9.00. The van der Waals surface area contributed by atoms with Gasteiger partial charge >= 0.3 is 0 Å². The standard InChI is InChI=1S/C12H11I/c1-12(13)9-5-8-11(12)10-6-3-2-4-7-10/h2-9H,1H3. The van der Waals surface area contributed by atoms with Crippen LogP contribution in [-0.2, 0) is 0 Å². The largest absolute Gasteiger partial charge is 0.0693 e. The molecule has 1 aliphatic carbocycles. The monoisotopic (exact) mass is 282 g/mol. The minimum atomic E-state index is 0.166. The van der Waals surface area contributed by atoms with Crippen LogP contribution in [0, 0.1) is 0 Å². The molecule has 2 rings (SSSR count). The first-order valence-corrected chi connectivity index (χ1v) is 5.42. The zero-order valence-electron chi connectivity index (χ0n) is 7.50. The number of hydrogen-bond acceptors (Lipinski definition) is 0. The zero-order valence-corrected chi connectivity index (χ0v) is 9.65. The van der Waals surface area contributed by atoms with Crippen LogP contribution in [0.4, 0.5) is 0 Å². The maximum atomic E-state index is 2.48. The van der Waals surface area contributed by atoms with Gasteiger partial charge in [-0.2, -0.15) is 0 Å². The van der Waals surface area contributed by atoms with Crippen LogP contribution < -0.4 is 0 Å². The van der Waals surface area contributed by atoms with Crippen LogP contribution in [0.15, 0.2) is 48.6 Å². The molecule has 0 heterocycles. The van der Waals surface area contributed by atoms with E-state index < -0.39 is 0 Å². The lowest BCUT2D eigenvalue weighted by Gasteiger charge is -2.18. The van der Waals surface area contributed by atoms with Crippen molar-refractivity contribution < 1.29 is 0 Å². The van der Waals surface area contributed by atoms with Crippen LogP contribution in [0.2, 0.25) is 0 Å². The molecule has 1 aromatic rings. The molecule has 0 nitrogen and oxygen atoms in total. The van der Waals surface area contributed by atoms with Crippen LogP contribution in [0.3, 0.4) is 0 Å². The SMILES string of the molecule is CC1(I)C=CC=C1c1ccccc1. The summed E-state index contributed by atoms with van der Waals surface area (Å²) in [7, 11) is 0. The fourth-order valence-corrected chi connectivity index (χ4v) is 2.27. The Morgan fingerprint density at radius 2 is 1.85 bits per heavy atom. The predicted molar refractivity (Wildman–Crippen MR) is 66.0 cm³/mol. The molecule has 0 saturated carbocycles. The highest BCUT2D eigenvalue weighted by Gasteiger charge is 2.25. The maximum absolute atomic E-state index is 2.48. The van der Waals surface area contributed by atoms with E-state index in [0.717, 1.165) is 0 Å². The van der Waals surface area contributed by atoms with Crippen molar-refractivity contribution in [2.75, 3.05) is 0 Å². The Labute approximate surface area is 92.5 Å². The summed E-state index contributed by atoms with van der Waals surface area (Å²) in [5.41, 5.74) is 2.72. The molecule has 0 fully saturated rings. The molecule has 0 bridgehead atoms. The first-order valence-electron chi connectivity index (χ1n) is 4.34. The normalized spacial score (nSPS) is 26.2. The first-order chi connectivity index (χ1) is 6.20. The Bertz CT molecular complexity index is 358. The van der Waals surface area contributed by atoms with Gasteiger partial charge in [0.15, 0.2) is 0 Å². The predicted octanol–water partition coefficient (Wildman–Crippen LogP) is 3.83. The van der Waals surface area contributed by atoms with Crippen molar-refractivity contribution in [3.63, 3.8) is 0 Å². The van der Waals surface area contributed by atoms with Crippen LogP contribution in [0.25, 0.3) is 5.57 Å². The third-order valence-electron chi connectivity index (χ3n) is 2.28. The quantitative estimate of drug-likeness (QED) is 0.542. The van der Waals surface area contributed by atoms with Gasteiger partial charge in [0.2, 0.25) is 0 Å². The van der Waals surface area contributed by atoms with Crippen molar-refractivity contribution in [1.29, 1.82) is 0 Å². The van der Waals surface area contributed by atoms with Gasteiger partial charge in [0.1, 0.15) is 0 Å². The molecular formula is C12H11I. The summed E-state index contributed by atoms with van der Waals surface area (Å²) in [5, 5.41) is 0. The summed E-state index contributed by atoms with van der Waals surface area (Å²) in [4.78, 5) is 0. The third-order valence-corrected chi connectivity index (χ3v) is 3.22. The number of rotatable bonds is 1. The second kappa shape index (κ2) is 3.29. The van der Waals surface area contributed by atoms with E-state index in [-0.39, 0.29) is 3.42 Å². The molecule has 0 amide bonds. The van der Waals surface area contributed by atoms with Gasteiger partial charge in [-0.15, -0.1) is 0 Å². The van der Waals surface area contributed by atoms with E-state index in [4.69, 9.17) is 0 Å². The molecule has 0 aliphatic heterocycles. The van der Waals surface area contributed by atoms with Crippen molar-refractivity contribution >= 4 is 28.2 Å². The maximum Gasteiger partial charge on any atom is 0.0630 e. The molecule has 1 atom stereocenters. The Hall–Kier alpha value is -0.570. The Morgan fingerprint density at radius 1 is 1.15 bits per heavy atom. The lowest BCUT2D eigenvalue weighted by molar-refractivity contribution is 1.10. The molecule has 13 heavy (non-hydrogen) atoms. The van der Waals surface area contributed by atoms with E-state index in [1.165, 1.54) is 11.1 Å². The average Bonchev–Trinajstić information content (AvgIpc) is 2.47. The van der Waals surface area contributed by atoms with E-state index in [0.29, 0.717) is 0 Å². The van der Waals surface area contributed by atoms with Gasteiger partial charge in [0, 0.05) is 0 Å². The molecule has 0 aromatic heterocycles. The lowest BCUT2D eigenvalue weighted by atomic mass is 9.97. The topological polar surface area (TPSA) is 0 Å². The lowest BCUT2D eigenvalue weighted by Crippen LogP contribution is -2.10. The fraction of sp³-hybridized carbons (Fsp3) is 0.167. The smallest absolute Gasteiger partial charge is 0.0630 e. The molecule has 0 saturated heterocycles. The molecule has 1 aliphatic rings. The molecule has 0 radical (unpaired) electrons. The van der Waals surface area contributed by atoms with E-state index in [1.807, 2.05) is 0 Å². The van der Waals surface area contributed by atoms with E-state index in [1.54, 1.807) is 0 Å². The highest BCUT2D eigenvalue weighted by Crippen LogP contribution is 2.39. The number of alkyl halides is 1. The Morgan fingerprint density at radius 3 is 2.38 bits per heavy atom. The third kappa shape index (κ3) is 1.70. The summed E-state index contributed by atoms with van der Waals surface area (Å²) in [6, 6.07) is 10.5. The number of allylic oxidation sites excluding steroid dienone is 4. The highest BCUT2D eigenvalue weighted by atomic mass is 127. The van der Waals surface area contributed by atoms with Gasteiger partial charge in [-0.1, -0.05) is 71.2 Å². The molecule has 66 valence electrons. The zero-order chi connectivity index (χ0) is 9.31. The van der Waals surface area contributed by atoms with Crippen LogP contribution in [-0.4, -0.2) is 3.42 Å².